The van der Waals surface area contributed by atoms with E-state index in [-0.39, 0.29) is 10.8 Å². The fourth-order valence-corrected chi connectivity index (χ4v) is 1.40. The SMILES string of the molecule is O=Cc1c(Cl)oc2ccc(F)cc12. The van der Waals surface area contributed by atoms with Gasteiger partial charge in [0.05, 0.1) is 5.56 Å². The first-order chi connectivity index (χ1) is 6.22. The van der Waals surface area contributed by atoms with Crippen molar-refractivity contribution in [2.75, 3.05) is 0 Å². The molecule has 13 heavy (non-hydrogen) atoms. The largest absolute Gasteiger partial charge is 0.444 e. The normalized spacial score (nSPS) is 10.6. The number of carbonyl (C=O) groups excluding carboxylic acids is 1. The first-order valence-electron chi connectivity index (χ1n) is 3.55. The van der Waals surface area contributed by atoms with Crippen molar-refractivity contribution in [1.82, 2.24) is 0 Å². The average molecular weight is 199 g/mol. The molecule has 0 aliphatic carbocycles. The lowest BCUT2D eigenvalue weighted by atomic mass is 10.2. The molecule has 0 unspecified atom stereocenters. The summed E-state index contributed by atoms with van der Waals surface area (Å²) < 4.78 is 17.8. The van der Waals surface area contributed by atoms with E-state index in [1.807, 2.05) is 0 Å². The molecule has 0 saturated heterocycles. The molecule has 0 spiro atoms. The summed E-state index contributed by atoms with van der Waals surface area (Å²) in [5, 5.41) is 0.399. The molecule has 0 saturated carbocycles. The van der Waals surface area contributed by atoms with Crippen LogP contribution in [-0.2, 0) is 0 Å². The Bertz CT molecular complexity index is 476. The van der Waals surface area contributed by atoms with Gasteiger partial charge in [-0.1, -0.05) is 0 Å². The number of rotatable bonds is 1. The molecule has 0 fully saturated rings. The Morgan fingerprint density at radius 1 is 1.46 bits per heavy atom. The number of benzene rings is 1. The highest BCUT2D eigenvalue weighted by Crippen LogP contribution is 2.28. The third-order valence-corrected chi connectivity index (χ3v) is 2.04. The Hall–Kier alpha value is -1.35. The lowest BCUT2D eigenvalue weighted by Gasteiger charge is -1.87. The molecule has 4 heteroatoms. The molecule has 0 amide bonds. The van der Waals surface area contributed by atoms with E-state index in [4.69, 9.17) is 16.0 Å². The van der Waals surface area contributed by atoms with E-state index in [2.05, 4.69) is 0 Å². The monoisotopic (exact) mass is 198 g/mol. The summed E-state index contributed by atoms with van der Waals surface area (Å²) in [6.07, 6.45) is 0.549. The van der Waals surface area contributed by atoms with Gasteiger partial charge in [0, 0.05) is 5.39 Å². The number of furan rings is 1. The van der Waals surface area contributed by atoms with E-state index in [0.29, 0.717) is 17.3 Å². The Labute approximate surface area is 77.9 Å². The van der Waals surface area contributed by atoms with E-state index in [0.717, 1.165) is 0 Å². The fraction of sp³-hybridized carbons (Fsp3) is 0. The summed E-state index contributed by atoms with van der Waals surface area (Å²) in [5.41, 5.74) is 0.602. The molecule has 0 bridgehead atoms. The molecule has 1 aromatic heterocycles. The molecule has 0 atom stereocenters. The van der Waals surface area contributed by atoms with Crippen molar-refractivity contribution in [3.8, 4) is 0 Å². The van der Waals surface area contributed by atoms with Crippen LogP contribution in [0.3, 0.4) is 0 Å². The van der Waals surface area contributed by atoms with Gasteiger partial charge < -0.3 is 4.42 Å². The molecule has 2 rings (SSSR count). The van der Waals surface area contributed by atoms with Gasteiger partial charge in [-0.15, -0.1) is 0 Å². The molecule has 1 heterocycles. The van der Waals surface area contributed by atoms with Crippen LogP contribution in [0.5, 0.6) is 0 Å². The number of hydrogen-bond acceptors (Lipinski definition) is 2. The van der Waals surface area contributed by atoms with Crippen molar-refractivity contribution >= 4 is 28.9 Å². The molecule has 0 aliphatic heterocycles. The van der Waals surface area contributed by atoms with Crippen molar-refractivity contribution in [3.05, 3.63) is 34.8 Å². The van der Waals surface area contributed by atoms with Crippen molar-refractivity contribution in [3.63, 3.8) is 0 Å². The zero-order chi connectivity index (χ0) is 9.42. The van der Waals surface area contributed by atoms with Gasteiger partial charge in [0.15, 0.2) is 6.29 Å². The number of carbonyl (C=O) groups is 1. The number of aldehydes is 1. The second kappa shape index (κ2) is 2.85. The highest BCUT2D eigenvalue weighted by molar-refractivity contribution is 6.33. The zero-order valence-electron chi connectivity index (χ0n) is 6.38. The summed E-state index contributed by atoms with van der Waals surface area (Å²) in [6, 6.07) is 3.90. The van der Waals surface area contributed by atoms with Crippen molar-refractivity contribution in [1.29, 1.82) is 0 Å². The van der Waals surface area contributed by atoms with E-state index >= 15 is 0 Å². The van der Waals surface area contributed by atoms with Crippen LogP contribution in [0.2, 0.25) is 5.22 Å². The minimum absolute atomic E-state index is 0.00407. The average Bonchev–Trinajstić information content (AvgIpc) is 2.40. The summed E-state index contributed by atoms with van der Waals surface area (Å²) in [4.78, 5) is 10.5. The van der Waals surface area contributed by atoms with Gasteiger partial charge in [0.25, 0.3) is 0 Å². The molecular formula is C9H4ClFO2. The van der Waals surface area contributed by atoms with E-state index in [1.165, 1.54) is 18.2 Å². The van der Waals surface area contributed by atoms with Gasteiger partial charge in [-0.25, -0.2) is 4.39 Å². The van der Waals surface area contributed by atoms with Crippen molar-refractivity contribution < 1.29 is 13.6 Å². The van der Waals surface area contributed by atoms with Gasteiger partial charge >= 0.3 is 0 Å². The molecule has 0 radical (unpaired) electrons. The van der Waals surface area contributed by atoms with Crippen LogP contribution < -0.4 is 0 Å². The molecule has 2 aromatic rings. The van der Waals surface area contributed by atoms with Crippen LogP contribution >= 0.6 is 11.6 Å². The fourth-order valence-electron chi connectivity index (χ4n) is 1.17. The lowest BCUT2D eigenvalue weighted by molar-refractivity contribution is 0.112. The minimum atomic E-state index is -0.423. The quantitative estimate of drug-likeness (QED) is 0.660. The molecule has 2 nitrogen and oxygen atoms in total. The molecule has 0 aliphatic rings. The topological polar surface area (TPSA) is 30.2 Å². The van der Waals surface area contributed by atoms with E-state index < -0.39 is 5.82 Å². The number of halogens is 2. The summed E-state index contributed by atoms with van der Waals surface area (Å²) in [5.74, 6) is -0.423. The summed E-state index contributed by atoms with van der Waals surface area (Å²) in [7, 11) is 0. The molecule has 66 valence electrons. The van der Waals surface area contributed by atoms with Crippen LogP contribution in [0.1, 0.15) is 10.4 Å². The second-order valence-corrected chi connectivity index (χ2v) is 2.89. The molecule has 0 N–H and O–H groups in total. The maximum Gasteiger partial charge on any atom is 0.205 e. The van der Waals surface area contributed by atoms with E-state index in [1.54, 1.807) is 0 Å². The van der Waals surface area contributed by atoms with Crippen molar-refractivity contribution in [2.45, 2.75) is 0 Å². The highest BCUT2D eigenvalue weighted by Gasteiger charge is 2.11. The van der Waals surface area contributed by atoms with Crippen LogP contribution in [-0.4, -0.2) is 6.29 Å². The third-order valence-electron chi connectivity index (χ3n) is 1.76. The standard InChI is InChI=1S/C9H4ClFO2/c10-9-7(4-12)6-3-5(11)1-2-8(6)13-9/h1-4H. The first kappa shape index (κ1) is 8.26. The Kier molecular flexibility index (Phi) is 1.81. The van der Waals surface area contributed by atoms with Gasteiger partial charge in [-0.3, -0.25) is 4.79 Å². The highest BCUT2D eigenvalue weighted by atomic mass is 35.5. The van der Waals surface area contributed by atoms with Crippen LogP contribution in [0.25, 0.3) is 11.0 Å². The van der Waals surface area contributed by atoms with E-state index in [9.17, 15) is 9.18 Å². The number of hydrogen-bond donors (Lipinski definition) is 0. The smallest absolute Gasteiger partial charge is 0.205 e. The van der Waals surface area contributed by atoms with Crippen LogP contribution in [0.15, 0.2) is 22.6 Å². The summed E-state index contributed by atoms with van der Waals surface area (Å²) >= 11 is 5.60. The van der Waals surface area contributed by atoms with Crippen LogP contribution in [0, 0.1) is 5.82 Å². The van der Waals surface area contributed by atoms with Gasteiger partial charge in [0.1, 0.15) is 11.4 Å². The zero-order valence-corrected chi connectivity index (χ0v) is 7.14. The van der Waals surface area contributed by atoms with Gasteiger partial charge in [0.2, 0.25) is 5.22 Å². The number of fused-ring (bicyclic) bond motifs is 1. The first-order valence-corrected chi connectivity index (χ1v) is 3.93. The molecular weight excluding hydrogens is 195 g/mol. The maximum atomic E-state index is 12.8. The third kappa shape index (κ3) is 1.21. The summed E-state index contributed by atoms with van der Waals surface area (Å²) in [6.45, 7) is 0. The predicted molar refractivity (Wildman–Crippen MR) is 46.6 cm³/mol. The Morgan fingerprint density at radius 3 is 2.92 bits per heavy atom. The predicted octanol–water partition coefficient (Wildman–Crippen LogP) is 3.04. The van der Waals surface area contributed by atoms with Gasteiger partial charge in [-0.2, -0.15) is 0 Å². The Morgan fingerprint density at radius 2 is 2.23 bits per heavy atom. The minimum Gasteiger partial charge on any atom is -0.444 e. The second-order valence-electron chi connectivity index (χ2n) is 2.55. The maximum absolute atomic E-state index is 12.8. The van der Waals surface area contributed by atoms with Crippen LogP contribution in [0.4, 0.5) is 4.39 Å². The Balaban J connectivity index is 2.88. The van der Waals surface area contributed by atoms with Crippen molar-refractivity contribution in [2.24, 2.45) is 0 Å². The lowest BCUT2D eigenvalue weighted by Crippen LogP contribution is -1.77. The molecule has 1 aromatic carbocycles. The van der Waals surface area contributed by atoms with Gasteiger partial charge in [-0.05, 0) is 29.8 Å².